The highest BCUT2D eigenvalue weighted by Crippen LogP contribution is 2.32. The van der Waals surface area contributed by atoms with Crippen molar-refractivity contribution in [2.75, 3.05) is 17.7 Å². The molecule has 0 aliphatic heterocycles. The van der Waals surface area contributed by atoms with Crippen molar-refractivity contribution in [2.45, 2.75) is 6.18 Å². The quantitative estimate of drug-likeness (QED) is 0.255. The molecular formula is C28H19ClF3N5O3. The van der Waals surface area contributed by atoms with E-state index in [0.717, 1.165) is 28.6 Å². The molecule has 0 fully saturated rings. The van der Waals surface area contributed by atoms with Gasteiger partial charge >= 0.3 is 6.18 Å². The minimum atomic E-state index is -4.59. The standard InChI is InChI=1S/C28H19ClF3N5O3/c1-40-37-24-17(15-33-27(36-24)35-19-8-3-2-4-9-19)13-22(26(37)39)21-14-20(10-11-23(21)29)34-25(38)16-6-5-7-18(12-16)28(30,31)32/h2-15H,1H3,(H,34,38)(H,33,35,36). The molecule has 2 heterocycles. The number of nitrogens with zero attached hydrogens (tertiary/aromatic N) is 3. The molecule has 2 aromatic heterocycles. The number of carbonyl (C=O) groups excluding carboxylic acids is 1. The Kier molecular flexibility index (Phi) is 7.14. The molecule has 2 N–H and O–H groups in total. The van der Waals surface area contributed by atoms with Crippen LogP contribution in [0.1, 0.15) is 15.9 Å². The maximum absolute atomic E-state index is 13.4. The molecule has 0 atom stereocenters. The molecule has 0 spiro atoms. The summed E-state index contributed by atoms with van der Waals surface area (Å²) in [6.45, 7) is 0. The van der Waals surface area contributed by atoms with E-state index in [9.17, 15) is 22.8 Å². The number of rotatable bonds is 6. The van der Waals surface area contributed by atoms with E-state index in [4.69, 9.17) is 16.4 Å². The van der Waals surface area contributed by atoms with Gasteiger partial charge in [0.1, 0.15) is 7.11 Å². The zero-order valence-electron chi connectivity index (χ0n) is 20.7. The second kappa shape index (κ2) is 10.7. The molecule has 202 valence electrons. The summed E-state index contributed by atoms with van der Waals surface area (Å²) in [4.78, 5) is 40.2. The Morgan fingerprint density at radius 3 is 2.45 bits per heavy atom. The molecular weight excluding hydrogens is 547 g/mol. The van der Waals surface area contributed by atoms with E-state index >= 15 is 0 Å². The maximum Gasteiger partial charge on any atom is 0.416 e. The first-order valence-corrected chi connectivity index (χ1v) is 12.1. The Labute approximate surface area is 230 Å². The van der Waals surface area contributed by atoms with Gasteiger partial charge in [0.2, 0.25) is 5.95 Å². The molecule has 12 heteroatoms. The number of fused-ring (bicyclic) bond motifs is 1. The Bertz CT molecular complexity index is 1790. The van der Waals surface area contributed by atoms with Gasteiger partial charge in [-0.1, -0.05) is 35.9 Å². The van der Waals surface area contributed by atoms with Crippen LogP contribution in [-0.4, -0.2) is 27.7 Å². The molecule has 0 radical (unpaired) electrons. The van der Waals surface area contributed by atoms with Crippen LogP contribution in [0.25, 0.3) is 22.2 Å². The van der Waals surface area contributed by atoms with Gasteiger partial charge in [-0.2, -0.15) is 18.2 Å². The zero-order valence-corrected chi connectivity index (χ0v) is 21.4. The summed E-state index contributed by atoms with van der Waals surface area (Å²) in [5.74, 6) is -0.520. The van der Waals surface area contributed by atoms with Crippen molar-refractivity contribution < 1.29 is 22.8 Å². The van der Waals surface area contributed by atoms with Crippen LogP contribution in [0.15, 0.2) is 89.9 Å². The molecule has 0 aliphatic carbocycles. The number of hydrogen-bond donors (Lipinski definition) is 2. The van der Waals surface area contributed by atoms with Crippen molar-refractivity contribution in [3.63, 3.8) is 0 Å². The molecule has 40 heavy (non-hydrogen) atoms. The van der Waals surface area contributed by atoms with E-state index in [2.05, 4.69) is 20.6 Å². The number of halogens is 4. The van der Waals surface area contributed by atoms with E-state index in [-0.39, 0.29) is 39.0 Å². The Morgan fingerprint density at radius 1 is 0.950 bits per heavy atom. The largest absolute Gasteiger partial charge is 0.416 e. The average Bonchev–Trinajstić information content (AvgIpc) is 2.94. The third-order valence-electron chi connectivity index (χ3n) is 5.88. The van der Waals surface area contributed by atoms with Gasteiger partial charge in [0.05, 0.1) is 11.1 Å². The van der Waals surface area contributed by atoms with Gasteiger partial charge in [-0.3, -0.25) is 9.59 Å². The van der Waals surface area contributed by atoms with Gasteiger partial charge in [-0.25, -0.2) is 4.98 Å². The number of anilines is 3. The third-order valence-corrected chi connectivity index (χ3v) is 6.21. The van der Waals surface area contributed by atoms with E-state index < -0.39 is 23.2 Å². The minimum Gasteiger partial charge on any atom is -0.412 e. The molecule has 0 bridgehead atoms. The molecule has 5 aromatic rings. The molecule has 0 saturated heterocycles. The lowest BCUT2D eigenvalue weighted by Crippen LogP contribution is -2.27. The molecule has 0 saturated carbocycles. The first-order valence-electron chi connectivity index (χ1n) is 11.7. The molecule has 0 aliphatic rings. The number of aromatic nitrogens is 3. The summed E-state index contributed by atoms with van der Waals surface area (Å²) in [7, 11) is 1.31. The minimum absolute atomic E-state index is 0.127. The number of para-hydroxylation sites is 1. The Hall–Kier alpha value is -4.90. The summed E-state index contributed by atoms with van der Waals surface area (Å²) < 4.78 is 40.2. The second-order valence-electron chi connectivity index (χ2n) is 8.53. The van der Waals surface area contributed by atoms with Crippen molar-refractivity contribution in [3.05, 3.63) is 112 Å². The summed E-state index contributed by atoms with van der Waals surface area (Å²) in [6.07, 6.45) is -3.08. The lowest BCUT2D eigenvalue weighted by atomic mass is 10.0. The van der Waals surface area contributed by atoms with Crippen molar-refractivity contribution in [2.24, 2.45) is 0 Å². The molecule has 8 nitrogen and oxygen atoms in total. The molecule has 3 aromatic carbocycles. The third kappa shape index (κ3) is 5.45. The number of benzene rings is 3. The van der Waals surface area contributed by atoms with E-state index in [1.54, 1.807) is 6.07 Å². The van der Waals surface area contributed by atoms with Crippen LogP contribution in [-0.2, 0) is 6.18 Å². The van der Waals surface area contributed by atoms with Crippen LogP contribution in [0.3, 0.4) is 0 Å². The van der Waals surface area contributed by atoms with E-state index in [0.29, 0.717) is 5.39 Å². The highest BCUT2D eigenvalue weighted by molar-refractivity contribution is 6.33. The van der Waals surface area contributed by atoms with Crippen molar-refractivity contribution in [1.82, 2.24) is 14.7 Å². The number of alkyl halides is 3. The number of hydrogen-bond acceptors (Lipinski definition) is 6. The smallest absolute Gasteiger partial charge is 0.412 e. The number of pyridine rings is 1. The lowest BCUT2D eigenvalue weighted by molar-refractivity contribution is -0.137. The first-order chi connectivity index (χ1) is 19.1. The van der Waals surface area contributed by atoms with Crippen molar-refractivity contribution in [3.8, 4) is 11.1 Å². The number of nitrogens with one attached hydrogen (secondary N) is 2. The van der Waals surface area contributed by atoms with Crippen LogP contribution in [0.5, 0.6) is 0 Å². The first kappa shape index (κ1) is 26.7. The summed E-state index contributed by atoms with van der Waals surface area (Å²) in [6, 6.07) is 19.2. The fraction of sp³-hybridized carbons (Fsp3) is 0.0714. The van der Waals surface area contributed by atoms with Gasteiger partial charge < -0.3 is 15.5 Å². The van der Waals surface area contributed by atoms with Crippen LogP contribution in [0.2, 0.25) is 5.02 Å². The van der Waals surface area contributed by atoms with E-state index in [1.165, 1.54) is 37.6 Å². The molecule has 1 amide bonds. The monoisotopic (exact) mass is 565 g/mol. The van der Waals surface area contributed by atoms with Gasteiger partial charge in [-0.05, 0) is 54.6 Å². The second-order valence-corrected chi connectivity index (χ2v) is 8.94. The van der Waals surface area contributed by atoms with Gasteiger partial charge in [0.25, 0.3) is 11.5 Å². The predicted molar refractivity (Wildman–Crippen MR) is 146 cm³/mol. The van der Waals surface area contributed by atoms with Gasteiger partial charge in [0.15, 0.2) is 5.65 Å². The number of carbonyl (C=O) groups is 1. The van der Waals surface area contributed by atoms with Gasteiger partial charge in [-0.15, -0.1) is 4.73 Å². The SMILES string of the molecule is COn1c(=O)c(-c2cc(NC(=O)c3cccc(C(F)(F)F)c3)ccc2Cl)cc2cnc(Nc3ccccc3)nc21. The predicted octanol–water partition coefficient (Wildman–Crippen LogP) is 6.19. The fourth-order valence-corrected chi connectivity index (χ4v) is 4.21. The van der Waals surface area contributed by atoms with Crippen molar-refractivity contribution >= 4 is 45.9 Å². The van der Waals surface area contributed by atoms with E-state index in [1.807, 2.05) is 30.3 Å². The van der Waals surface area contributed by atoms with Crippen LogP contribution >= 0.6 is 11.6 Å². The molecule has 5 rings (SSSR count). The van der Waals surface area contributed by atoms with Crippen LogP contribution in [0.4, 0.5) is 30.5 Å². The Morgan fingerprint density at radius 2 is 1.73 bits per heavy atom. The summed E-state index contributed by atoms with van der Waals surface area (Å²) >= 11 is 6.42. The molecule has 0 unspecified atom stereocenters. The van der Waals surface area contributed by atoms with Crippen LogP contribution in [0, 0.1) is 0 Å². The number of amides is 1. The van der Waals surface area contributed by atoms with Gasteiger partial charge in [0, 0.05) is 39.1 Å². The summed E-state index contributed by atoms with van der Waals surface area (Å²) in [5, 5.41) is 6.26. The lowest BCUT2D eigenvalue weighted by Gasteiger charge is -2.14. The van der Waals surface area contributed by atoms with Crippen molar-refractivity contribution in [1.29, 1.82) is 0 Å². The fourth-order valence-electron chi connectivity index (χ4n) is 3.99. The zero-order chi connectivity index (χ0) is 28.4. The normalized spacial score (nSPS) is 11.3. The highest BCUT2D eigenvalue weighted by Gasteiger charge is 2.31. The highest BCUT2D eigenvalue weighted by atomic mass is 35.5. The average molecular weight is 566 g/mol. The topological polar surface area (TPSA) is 98.1 Å². The summed E-state index contributed by atoms with van der Waals surface area (Å²) in [5.41, 5.74) is -0.162. The maximum atomic E-state index is 13.4. The van der Waals surface area contributed by atoms with Crippen LogP contribution < -0.4 is 21.0 Å². The Balaban J connectivity index is 1.50.